The first-order chi connectivity index (χ1) is 8.78. The Bertz CT molecular complexity index is 245. The van der Waals surface area contributed by atoms with Crippen LogP contribution in [0.25, 0.3) is 0 Å². The molecule has 0 nitrogen and oxygen atoms in total. The van der Waals surface area contributed by atoms with Crippen molar-refractivity contribution in [2.45, 2.75) is 87.0 Å². The van der Waals surface area contributed by atoms with Gasteiger partial charge in [0.15, 0.2) is 0 Å². The molecule has 0 amide bonds. The molecule has 0 saturated heterocycles. The maximum absolute atomic E-state index is 2.45. The summed E-state index contributed by atoms with van der Waals surface area (Å²) in [4.78, 5) is 0. The molecule has 1 aliphatic carbocycles. The van der Waals surface area contributed by atoms with Crippen molar-refractivity contribution < 1.29 is 0 Å². The van der Waals surface area contributed by atoms with E-state index in [2.05, 4.69) is 48.5 Å². The second-order valence-electron chi connectivity index (χ2n) is 8.58. The van der Waals surface area contributed by atoms with Crippen molar-refractivity contribution in [3.05, 3.63) is 0 Å². The zero-order valence-electron chi connectivity index (χ0n) is 14.6. The number of rotatable bonds is 5. The molecule has 0 heterocycles. The van der Waals surface area contributed by atoms with Crippen LogP contribution in [0, 0.1) is 35.0 Å². The molecule has 114 valence electrons. The third kappa shape index (κ3) is 5.12. The van der Waals surface area contributed by atoms with E-state index in [1.54, 1.807) is 0 Å². The average Bonchev–Trinajstić information content (AvgIpc) is 2.33. The second kappa shape index (κ2) is 7.14. The molecule has 19 heavy (non-hydrogen) atoms. The second-order valence-corrected chi connectivity index (χ2v) is 8.58. The highest BCUT2D eigenvalue weighted by atomic mass is 14.4. The van der Waals surface area contributed by atoms with Gasteiger partial charge < -0.3 is 0 Å². The Hall–Kier alpha value is 0. The van der Waals surface area contributed by atoms with Crippen molar-refractivity contribution in [3.63, 3.8) is 0 Å². The summed E-state index contributed by atoms with van der Waals surface area (Å²) in [5, 5.41) is 0. The fourth-order valence-electron chi connectivity index (χ4n) is 4.44. The van der Waals surface area contributed by atoms with Gasteiger partial charge in [-0.05, 0) is 60.7 Å². The first-order valence-electron chi connectivity index (χ1n) is 8.78. The molecule has 0 bridgehead atoms. The molecule has 4 unspecified atom stereocenters. The highest BCUT2D eigenvalue weighted by Crippen LogP contribution is 2.45. The van der Waals surface area contributed by atoms with Crippen LogP contribution in [-0.4, -0.2) is 0 Å². The van der Waals surface area contributed by atoms with Crippen molar-refractivity contribution in [2.75, 3.05) is 0 Å². The van der Waals surface area contributed by atoms with Gasteiger partial charge >= 0.3 is 0 Å². The quantitative estimate of drug-likeness (QED) is 0.529. The van der Waals surface area contributed by atoms with Crippen LogP contribution in [0.1, 0.15) is 87.0 Å². The van der Waals surface area contributed by atoms with E-state index in [0.29, 0.717) is 5.41 Å². The van der Waals surface area contributed by atoms with E-state index < -0.39 is 0 Å². The Labute approximate surface area is 122 Å². The Balaban J connectivity index is 2.70. The van der Waals surface area contributed by atoms with Crippen molar-refractivity contribution in [2.24, 2.45) is 35.0 Å². The molecule has 1 saturated carbocycles. The Morgan fingerprint density at radius 2 is 1.53 bits per heavy atom. The third-order valence-electron chi connectivity index (χ3n) is 5.54. The molecular formula is C19H38. The minimum absolute atomic E-state index is 0.484. The molecule has 0 heteroatoms. The lowest BCUT2D eigenvalue weighted by atomic mass is 9.63. The highest BCUT2D eigenvalue weighted by Gasteiger charge is 2.35. The van der Waals surface area contributed by atoms with E-state index in [1.807, 2.05) is 0 Å². The predicted molar refractivity (Wildman–Crippen MR) is 87.3 cm³/mol. The standard InChI is InChI=1S/C19H38/c1-8-15-10-11-17(12-16(15)9-2)18(14(3)4)13-19(5,6)7/h14-18H,8-13H2,1-7H3. The zero-order chi connectivity index (χ0) is 14.6. The summed E-state index contributed by atoms with van der Waals surface area (Å²) < 4.78 is 0. The predicted octanol–water partition coefficient (Wildman–Crippen LogP) is 6.55. The summed E-state index contributed by atoms with van der Waals surface area (Å²) in [6, 6.07) is 0. The molecule has 0 aromatic carbocycles. The van der Waals surface area contributed by atoms with E-state index in [1.165, 1.54) is 38.5 Å². The van der Waals surface area contributed by atoms with Crippen LogP contribution >= 0.6 is 0 Å². The van der Waals surface area contributed by atoms with Gasteiger partial charge in [-0.25, -0.2) is 0 Å². The highest BCUT2D eigenvalue weighted by molar-refractivity contribution is 4.85. The summed E-state index contributed by atoms with van der Waals surface area (Å²) in [6.07, 6.45) is 8.70. The van der Waals surface area contributed by atoms with E-state index in [-0.39, 0.29) is 0 Å². The van der Waals surface area contributed by atoms with Gasteiger partial charge in [-0.2, -0.15) is 0 Å². The number of hydrogen-bond donors (Lipinski definition) is 0. The maximum Gasteiger partial charge on any atom is -0.0358 e. The van der Waals surface area contributed by atoms with Crippen molar-refractivity contribution in [3.8, 4) is 0 Å². The van der Waals surface area contributed by atoms with Crippen LogP contribution in [0.2, 0.25) is 0 Å². The van der Waals surface area contributed by atoms with Gasteiger partial charge in [-0.1, -0.05) is 61.3 Å². The van der Waals surface area contributed by atoms with Crippen molar-refractivity contribution >= 4 is 0 Å². The van der Waals surface area contributed by atoms with Gasteiger partial charge in [0.05, 0.1) is 0 Å². The molecule has 0 radical (unpaired) electrons. The first-order valence-corrected chi connectivity index (χ1v) is 8.78. The lowest BCUT2D eigenvalue weighted by Crippen LogP contribution is -2.32. The van der Waals surface area contributed by atoms with Crippen LogP contribution in [0.5, 0.6) is 0 Å². The average molecular weight is 267 g/mol. The Kier molecular flexibility index (Phi) is 6.40. The molecular weight excluding hydrogens is 228 g/mol. The van der Waals surface area contributed by atoms with Crippen LogP contribution in [-0.2, 0) is 0 Å². The van der Waals surface area contributed by atoms with E-state index in [4.69, 9.17) is 0 Å². The lowest BCUT2D eigenvalue weighted by molar-refractivity contribution is 0.0819. The summed E-state index contributed by atoms with van der Waals surface area (Å²) in [5.74, 6) is 4.80. The fraction of sp³-hybridized carbons (Fsp3) is 1.00. The third-order valence-corrected chi connectivity index (χ3v) is 5.54. The minimum Gasteiger partial charge on any atom is -0.0651 e. The summed E-state index contributed by atoms with van der Waals surface area (Å²) in [7, 11) is 0. The minimum atomic E-state index is 0.484. The van der Waals surface area contributed by atoms with Crippen LogP contribution in [0.4, 0.5) is 0 Å². The SMILES string of the molecule is CCC1CCC(C(CC(C)(C)C)C(C)C)CC1CC. The summed E-state index contributed by atoms with van der Waals surface area (Å²) in [5.41, 5.74) is 0.484. The van der Waals surface area contributed by atoms with E-state index in [9.17, 15) is 0 Å². The monoisotopic (exact) mass is 266 g/mol. The zero-order valence-corrected chi connectivity index (χ0v) is 14.6. The molecule has 0 aromatic heterocycles. The Morgan fingerprint density at radius 1 is 0.947 bits per heavy atom. The molecule has 1 rings (SSSR count). The summed E-state index contributed by atoms with van der Waals surface area (Å²) >= 11 is 0. The Morgan fingerprint density at radius 3 is 1.95 bits per heavy atom. The van der Waals surface area contributed by atoms with Crippen molar-refractivity contribution in [1.82, 2.24) is 0 Å². The topological polar surface area (TPSA) is 0 Å². The van der Waals surface area contributed by atoms with Gasteiger partial charge in [0.2, 0.25) is 0 Å². The first kappa shape index (κ1) is 17.1. The summed E-state index contributed by atoms with van der Waals surface area (Å²) in [6.45, 7) is 16.9. The van der Waals surface area contributed by atoms with E-state index in [0.717, 1.165) is 29.6 Å². The molecule has 0 aliphatic heterocycles. The molecule has 4 atom stereocenters. The van der Waals surface area contributed by atoms with Crippen molar-refractivity contribution in [1.29, 1.82) is 0 Å². The maximum atomic E-state index is 2.45. The fourth-order valence-corrected chi connectivity index (χ4v) is 4.44. The van der Waals surface area contributed by atoms with Gasteiger partial charge in [0.1, 0.15) is 0 Å². The van der Waals surface area contributed by atoms with Gasteiger partial charge in [-0.15, -0.1) is 0 Å². The molecule has 0 aromatic rings. The molecule has 0 spiro atoms. The van der Waals surface area contributed by atoms with Crippen LogP contribution in [0.15, 0.2) is 0 Å². The van der Waals surface area contributed by atoms with E-state index >= 15 is 0 Å². The number of hydrogen-bond acceptors (Lipinski definition) is 0. The van der Waals surface area contributed by atoms with Crippen LogP contribution < -0.4 is 0 Å². The smallest absolute Gasteiger partial charge is 0.0358 e. The molecule has 1 aliphatic rings. The largest absolute Gasteiger partial charge is 0.0651 e. The van der Waals surface area contributed by atoms with Gasteiger partial charge in [0, 0.05) is 0 Å². The molecule has 0 N–H and O–H groups in total. The van der Waals surface area contributed by atoms with Gasteiger partial charge in [0.25, 0.3) is 0 Å². The molecule has 1 fully saturated rings. The lowest BCUT2D eigenvalue weighted by Gasteiger charge is -2.42. The normalized spacial score (nSPS) is 30.6. The van der Waals surface area contributed by atoms with Crippen LogP contribution in [0.3, 0.4) is 0 Å². The van der Waals surface area contributed by atoms with Gasteiger partial charge in [-0.3, -0.25) is 0 Å².